The number of sulfonamides is 1. The summed E-state index contributed by atoms with van der Waals surface area (Å²) >= 11 is 0. The van der Waals surface area contributed by atoms with Crippen LogP contribution in [-0.2, 0) is 10.0 Å². The van der Waals surface area contributed by atoms with Crippen LogP contribution in [0.5, 0.6) is 0 Å². The van der Waals surface area contributed by atoms with E-state index in [2.05, 4.69) is 18.6 Å². The van der Waals surface area contributed by atoms with Crippen LogP contribution in [0.3, 0.4) is 0 Å². The van der Waals surface area contributed by atoms with Crippen LogP contribution in [0.2, 0.25) is 0 Å². The average molecular weight is 237 g/mol. The molecular weight excluding hydrogens is 214 g/mol. The lowest BCUT2D eigenvalue weighted by atomic mass is 9.95. The number of aliphatic hydroxyl groups is 1. The van der Waals surface area contributed by atoms with Gasteiger partial charge in [-0.1, -0.05) is 13.8 Å². The van der Waals surface area contributed by atoms with E-state index in [4.69, 9.17) is 5.11 Å². The maximum absolute atomic E-state index is 11.2. The van der Waals surface area contributed by atoms with Crippen molar-refractivity contribution in [1.29, 1.82) is 0 Å². The highest BCUT2D eigenvalue weighted by Gasteiger charge is 2.14. The predicted octanol–water partition coefficient (Wildman–Crippen LogP) is 0.970. The second-order valence-electron chi connectivity index (χ2n) is 4.26. The number of aliphatic hydroxyl groups excluding tert-OH is 1. The van der Waals surface area contributed by atoms with Crippen molar-refractivity contribution in [3.05, 3.63) is 0 Å². The largest absolute Gasteiger partial charge is 0.396 e. The van der Waals surface area contributed by atoms with Crippen LogP contribution in [0.4, 0.5) is 0 Å². The normalized spacial score (nSPS) is 14.5. The third kappa shape index (κ3) is 7.76. The summed E-state index contributed by atoms with van der Waals surface area (Å²) in [5.74, 6) is 0.865. The summed E-state index contributed by atoms with van der Waals surface area (Å²) in [7, 11) is -3.10. The van der Waals surface area contributed by atoms with E-state index in [1.807, 2.05) is 0 Å². The average Bonchev–Trinajstić information content (AvgIpc) is 2.14. The molecule has 0 aliphatic heterocycles. The number of nitrogens with one attached hydrogen (secondary N) is 1. The molecule has 0 aliphatic rings. The molecule has 0 saturated heterocycles. The summed E-state index contributed by atoms with van der Waals surface area (Å²) in [6.07, 6.45) is 1.59. The number of hydrogen-bond donors (Lipinski definition) is 2. The zero-order chi connectivity index (χ0) is 11.9. The van der Waals surface area contributed by atoms with Crippen LogP contribution in [0.15, 0.2) is 0 Å². The van der Waals surface area contributed by atoms with E-state index in [-0.39, 0.29) is 18.3 Å². The second-order valence-corrected chi connectivity index (χ2v) is 6.36. The van der Waals surface area contributed by atoms with Crippen molar-refractivity contribution in [2.24, 2.45) is 11.8 Å². The summed E-state index contributed by atoms with van der Waals surface area (Å²) in [6, 6.07) is 0. The summed E-state index contributed by atoms with van der Waals surface area (Å²) in [5.41, 5.74) is 0. The highest BCUT2D eigenvalue weighted by Crippen LogP contribution is 2.14. The lowest BCUT2D eigenvalue weighted by Crippen LogP contribution is -2.31. The molecule has 0 amide bonds. The van der Waals surface area contributed by atoms with E-state index >= 15 is 0 Å². The number of hydrogen-bond acceptors (Lipinski definition) is 3. The van der Waals surface area contributed by atoms with Crippen LogP contribution < -0.4 is 4.72 Å². The molecule has 0 aromatic rings. The Bertz CT molecular complexity index is 249. The molecule has 0 aliphatic carbocycles. The van der Waals surface area contributed by atoms with Gasteiger partial charge in [0.05, 0.1) is 5.75 Å². The first-order valence-electron chi connectivity index (χ1n) is 5.49. The molecule has 1 unspecified atom stereocenters. The van der Waals surface area contributed by atoms with E-state index < -0.39 is 10.0 Å². The standard InChI is InChI=1S/C10H23NO3S/c1-4-15(13,14)11-8-10(5-6-12)7-9(2)3/h9-12H,4-8H2,1-3H3. The van der Waals surface area contributed by atoms with Gasteiger partial charge in [0.25, 0.3) is 0 Å². The predicted molar refractivity (Wildman–Crippen MR) is 62.1 cm³/mol. The minimum Gasteiger partial charge on any atom is -0.396 e. The Morgan fingerprint density at radius 3 is 2.33 bits per heavy atom. The van der Waals surface area contributed by atoms with E-state index in [1.54, 1.807) is 6.92 Å². The zero-order valence-corrected chi connectivity index (χ0v) is 10.7. The van der Waals surface area contributed by atoms with Crippen LogP contribution in [0.25, 0.3) is 0 Å². The lowest BCUT2D eigenvalue weighted by molar-refractivity contribution is 0.243. The highest BCUT2D eigenvalue weighted by atomic mass is 32.2. The molecule has 0 saturated carbocycles. The Morgan fingerprint density at radius 2 is 1.93 bits per heavy atom. The van der Waals surface area contributed by atoms with Crippen LogP contribution >= 0.6 is 0 Å². The Hall–Kier alpha value is -0.130. The molecule has 0 radical (unpaired) electrons. The molecule has 0 rings (SSSR count). The second kappa shape index (κ2) is 7.19. The van der Waals surface area contributed by atoms with Crippen molar-refractivity contribution in [2.75, 3.05) is 18.9 Å². The first-order valence-corrected chi connectivity index (χ1v) is 7.14. The van der Waals surface area contributed by atoms with Crippen molar-refractivity contribution in [1.82, 2.24) is 4.72 Å². The molecule has 0 fully saturated rings. The van der Waals surface area contributed by atoms with Gasteiger partial charge in [0.1, 0.15) is 0 Å². The summed E-state index contributed by atoms with van der Waals surface area (Å²) < 4.78 is 25.0. The van der Waals surface area contributed by atoms with Gasteiger partial charge in [-0.3, -0.25) is 0 Å². The molecule has 4 nitrogen and oxygen atoms in total. The molecule has 1 atom stereocenters. The summed E-state index contributed by atoms with van der Waals surface area (Å²) in [5, 5.41) is 8.86. The smallest absolute Gasteiger partial charge is 0.211 e. The minimum atomic E-state index is -3.10. The van der Waals surface area contributed by atoms with E-state index in [0.29, 0.717) is 18.9 Å². The first kappa shape index (κ1) is 14.9. The van der Waals surface area contributed by atoms with Gasteiger partial charge < -0.3 is 5.11 Å². The molecule has 0 bridgehead atoms. The highest BCUT2D eigenvalue weighted by molar-refractivity contribution is 7.89. The van der Waals surface area contributed by atoms with Gasteiger partial charge in [0, 0.05) is 13.2 Å². The summed E-state index contributed by atoms with van der Waals surface area (Å²) in [4.78, 5) is 0. The topological polar surface area (TPSA) is 66.4 Å². The monoisotopic (exact) mass is 237 g/mol. The molecule has 2 N–H and O–H groups in total. The Labute approximate surface area is 93.1 Å². The van der Waals surface area contributed by atoms with Crippen molar-refractivity contribution in [3.63, 3.8) is 0 Å². The minimum absolute atomic E-state index is 0.112. The molecule has 0 heterocycles. The van der Waals surface area contributed by atoms with Crippen LogP contribution in [0.1, 0.15) is 33.6 Å². The summed E-state index contributed by atoms with van der Waals surface area (Å²) in [6.45, 7) is 6.36. The van der Waals surface area contributed by atoms with Crippen molar-refractivity contribution in [3.8, 4) is 0 Å². The van der Waals surface area contributed by atoms with Gasteiger partial charge >= 0.3 is 0 Å². The van der Waals surface area contributed by atoms with Gasteiger partial charge in [-0.05, 0) is 31.6 Å². The Morgan fingerprint density at radius 1 is 1.33 bits per heavy atom. The lowest BCUT2D eigenvalue weighted by Gasteiger charge is -2.18. The van der Waals surface area contributed by atoms with Gasteiger partial charge in [-0.15, -0.1) is 0 Å². The fraction of sp³-hybridized carbons (Fsp3) is 1.00. The molecule has 0 aromatic heterocycles. The van der Waals surface area contributed by atoms with Gasteiger partial charge in [-0.2, -0.15) is 0 Å². The fourth-order valence-electron chi connectivity index (χ4n) is 1.50. The SMILES string of the molecule is CCS(=O)(=O)NCC(CCO)CC(C)C. The Balaban J connectivity index is 4.06. The van der Waals surface area contributed by atoms with Gasteiger partial charge in [0.2, 0.25) is 10.0 Å². The molecular formula is C10H23NO3S. The third-order valence-corrected chi connectivity index (χ3v) is 3.68. The van der Waals surface area contributed by atoms with Gasteiger partial charge in [0.15, 0.2) is 0 Å². The van der Waals surface area contributed by atoms with Crippen molar-refractivity contribution in [2.45, 2.75) is 33.6 Å². The quantitative estimate of drug-likeness (QED) is 0.661. The third-order valence-electron chi connectivity index (χ3n) is 2.31. The van der Waals surface area contributed by atoms with Crippen molar-refractivity contribution >= 4 is 10.0 Å². The van der Waals surface area contributed by atoms with E-state index in [9.17, 15) is 8.42 Å². The molecule has 15 heavy (non-hydrogen) atoms. The van der Waals surface area contributed by atoms with Crippen LogP contribution in [0, 0.1) is 11.8 Å². The Kier molecular flexibility index (Phi) is 7.13. The number of rotatable bonds is 8. The molecule has 0 spiro atoms. The van der Waals surface area contributed by atoms with Crippen molar-refractivity contribution < 1.29 is 13.5 Å². The molecule has 0 aromatic carbocycles. The zero-order valence-electron chi connectivity index (χ0n) is 9.86. The fourth-order valence-corrected chi connectivity index (χ4v) is 2.19. The van der Waals surface area contributed by atoms with Gasteiger partial charge in [-0.25, -0.2) is 13.1 Å². The first-order chi connectivity index (χ1) is 6.91. The maximum Gasteiger partial charge on any atom is 0.211 e. The maximum atomic E-state index is 11.2. The van der Waals surface area contributed by atoms with E-state index in [0.717, 1.165) is 6.42 Å². The molecule has 92 valence electrons. The van der Waals surface area contributed by atoms with E-state index in [1.165, 1.54) is 0 Å². The molecule has 5 heteroatoms. The van der Waals surface area contributed by atoms with Crippen LogP contribution in [-0.4, -0.2) is 32.4 Å².